The molecule has 5 atom stereocenters. The number of primary amides is 1. The molecule has 0 bridgehead atoms. The summed E-state index contributed by atoms with van der Waals surface area (Å²) in [6.07, 6.45) is 2.76. The average Bonchev–Trinajstić information content (AvgIpc) is 3.24. The minimum atomic E-state index is -1.29. The van der Waals surface area contributed by atoms with Gasteiger partial charge in [0, 0.05) is 45.3 Å². The van der Waals surface area contributed by atoms with Crippen LogP contribution in [0.2, 0.25) is 0 Å². The second-order valence-electron chi connectivity index (χ2n) is 16.0. The first-order chi connectivity index (χ1) is 30.6. The average molecular weight is 908 g/mol. The lowest BCUT2D eigenvalue weighted by molar-refractivity contribution is -0.141. The minimum Gasteiger partial charge on any atom is -0.370 e. The lowest BCUT2D eigenvalue weighted by Gasteiger charge is -2.30. The van der Waals surface area contributed by atoms with Gasteiger partial charge < -0.3 is 54.0 Å². The molecule has 0 spiro atoms. The Morgan fingerprint density at radius 1 is 0.797 bits per heavy atom. The van der Waals surface area contributed by atoms with Gasteiger partial charge in [-0.3, -0.25) is 43.3 Å². The highest BCUT2D eigenvalue weighted by atomic mass is 32.2. The van der Waals surface area contributed by atoms with Crippen molar-refractivity contribution in [2.24, 2.45) is 28.1 Å². The van der Waals surface area contributed by atoms with E-state index in [1.165, 1.54) is 16.7 Å². The monoisotopic (exact) mass is 907 g/mol. The second kappa shape index (κ2) is 27.8. The van der Waals surface area contributed by atoms with Crippen LogP contribution in [0.15, 0.2) is 65.7 Å². The van der Waals surface area contributed by atoms with Crippen molar-refractivity contribution in [3.05, 3.63) is 71.8 Å². The van der Waals surface area contributed by atoms with Crippen LogP contribution in [-0.4, -0.2) is 127 Å². The number of hydrogen-bond acceptors (Lipinski definition) is 10. The van der Waals surface area contributed by atoms with E-state index < -0.39 is 84.0 Å². The molecule has 1 fully saturated rings. The largest absolute Gasteiger partial charge is 0.370 e. The van der Waals surface area contributed by atoms with E-state index in [1.54, 1.807) is 60.7 Å². The van der Waals surface area contributed by atoms with Crippen LogP contribution in [-0.2, 0) is 51.2 Å². The molecule has 0 aromatic heterocycles. The third-order valence-corrected chi connectivity index (χ3v) is 10.8. The number of benzene rings is 2. The first-order valence-corrected chi connectivity index (χ1v) is 22.9. The van der Waals surface area contributed by atoms with E-state index in [2.05, 4.69) is 36.9 Å². The highest BCUT2D eigenvalue weighted by molar-refractivity contribution is 7.98. The molecule has 19 nitrogen and oxygen atoms in total. The van der Waals surface area contributed by atoms with Crippen LogP contribution < -0.4 is 49.1 Å². The normalized spacial score (nSPS) is 19.1. The van der Waals surface area contributed by atoms with Crippen LogP contribution in [0.5, 0.6) is 0 Å². The molecule has 64 heavy (non-hydrogen) atoms. The van der Waals surface area contributed by atoms with Gasteiger partial charge in [-0.2, -0.15) is 11.8 Å². The molecule has 1 aliphatic rings. The van der Waals surface area contributed by atoms with Gasteiger partial charge in [-0.05, 0) is 61.2 Å². The van der Waals surface area contributed by atoms with Gasteiger partial charge in [0.25, 0.3) is 0 Å². The highest BCUT2D eigenvalue weighted by Crippen LogP contribution is 2.12. The lowest BCUT2D eigenvalue weighted by Crippen LogP contribution is -2.59. The van der Waals surface area contributed by atoms with E-state index in [9.17, 15) is 38.4 Å². The zero-order valence-corrected chi connectivity index (χ0v) is 37.8. The molecule has 12 N–H and O–H groups in total. The number of nitrogens with two attached hydrogens (primary N) is 3. The number of aliphatic imine (C=N–C) groups is 1. The van der Waals surface area contributed by atoms with Crippen molar-refractivity contribution in [1.82, 2.24) is 36.8 Å². The third-order valence-electron chi connectivity index (χ3n) is 10.2. The van der Waals surface area contributed by atoms with Crippen molar-refractivity contribution in [2.45, 2.75) is 102 Å². The minimum absolute atomic E-state index is 0.0185. The summed E-state index contributed by atoms with van der Waals surface area (Å²) < 4.78 is 0. The Bertz CT molecular complexity index is 1900. The molecular formula is C44H65N11O8S. The number of hydrogen-bond donors (Lipinski definition) is 9. The first-order valence-electron chi connectivity index (χ1n) is 21.5. The van der Waals surface area contributed by atoms with Gasteiger partial charge in [-0.25, -0.2) is 0 Å². The van der Waals surface area contributed by atoms with Gasteiger partial charge in [0.1, 0.15) is 30.2 Å². The molecule has 0 saturated carbocycles. The van der Waals surface area contributed by atoms with Gasteiger partial charge >= 0.3 is 0 Å². The third kappa shape index (κ3) is 19.5. The molecule has 3 rings (SSSR count). The smallest absolute Gasteiger partial charge is 0.246 e. The Hall–Kier alpha value is -6.18. The molecule has 20 heteroatoms. The van der Waals surface area contributed by atoms with Crippen LogP contribution in [0.1, 0.15) is 69.9 Å². The van der Waals surface area contributed by atoms with Crippen molar-refractivity contribution in [1.29, 1.82) is 0 Å². The van der Waals surface area contributed by atoms with E-state index in [1.807, 2.05) is 20.1 Å². The quantitative estimate of drug-likeness (QED) is 0.0486. The summed E-state index contributed by atoms with van der Waals surface area (Å²) in [4.78, 5) is 114. The summed E-state index contributed by atoms with van der Waals surface area (Å²) in [6.45, 7) is 3.05. The highest BCUT2D eigenvalue weighted by Gasteiger charge is 2.34. The first kappa shape index (κ1) is 52.2. The predicted molar refractivity (Wildman–Crippen MR) is 245 cm³/mol. The topological polar surface area (TPSA) is 302 Å². The Labute approximate surface area is 379 Å². The van der Waals surface area contributed by atoms with E-state index in [0.717, 1.165) is 0 Å². The summed E-state index contributed by atoms with van der Waals surface area (Å²) in [7, 11) is 0. The van der Waals surface area contributed by atoms with Gasteiger partial charge in [-0.1, -0.05) is 74.5 Å². The van der Waals surface area contributed by atoms with E-state index >= 15 is 0 Å². The number of amides is 8. The molecule has 1 saturated heterocycles. The molecule has 2 aromatic carbocycles. The maximum atomic E-state index is 14.8. The SMILES string of the molecule is CSCC[C@H](NC(=O)[C@H](CC(C)C)NC(=O)CN1CCNC(=O)CCCC(=O)N[C@@H](CCCN=C(N)N)C(=O)NC(Cc2ccccc2)C(=O)N[C@@H](Cc2ccccc2)C1=O)C(N)=O. The fourth-order valence-corrected chi connectivity index (χ4v) is 7.39. The summed E-state index contributed by atoms with van der Waals surface area (Å²) in [5.41, 5.74) is 17.9. The maximum absolute atomic E-state index is 14.8. The van der Waals surface area contributed by atoms with Crippen LogP contribution in [0.4, 0.5) is 0 Å². The maximum Gasteiger partial charge on any atom is 0.246 e. The Morgan fingerprint density at radius 3 is 1.98 bits per heavy atom. The van der Waals surface area contributed by atoms with Crippen LogP contribution in [0.3, 0.4) is 0 Å². The van der Waals surface area contributed by atoms with Gasteiger partial charge in [0.05, 0.1) is 6.54 Å². The number of carbonyl (C=O) groups is 8. The number of rotatable bonds is 19. The van der Waals surface area contributed by atoms with Gasteiger partial charge in [0.2, 0.25) is 47.3 Å². The summed E-state index contributed by atoms with van der Waals surface area (Å²) in [5.74, 6) is -4.64. The summed E-state index contributed by atoms with van der Waals surface area (Å²) in [6, 6.07) is 12.1. The van der Waals surface area contributed by atoms with E-state index in [-0.39, 0.29) is 82.9 Å². The molecule has 0 radical (unpaired) electrons. The molecule has 1 unspecified atom stereocenters. The van der Waals surface area contributed by atoms with Gasteiger partial charge in [0.15, 0.2) is 5.96 Å². The summed E-state index contributed by atoms with van der Waals surface area (Å²) >= 11 is 1.48. The van der Waals surface area contributed by atoms with E-state index in [0.29, 0.717) is 23.3 Å². The fraction of sp³-hybridized carbons (Fsp3) is 0.523. The molecule has 350 valence electrons. The van der Waals surface area contributed by atoms with Crippen molar-refractivity contribution in [3.8, 4) is 0 Å². The summed E-state index contributed by atoms with van der Waals surface area (Å²) in [5, 5.41) is 16.5. The van der Waals surface area contributed by atoms with Crippen molar-refractivity contribution in [3.63, 3.8) is 0 Å². The number of nitrogens with one attached hydrogen (secondary N) is 6. The second-order valence-corrected chi connectivity index (χ2v) is 17.0. The van der Waals surface area contributed by atoms with Crippen LogP contribution in [0, 0.1) is 5.92 Å². The molecular weight excluding hydrogens is 843 g/mol. The Balaban J connectivity index is 2.02. The van der Waals surface area contributed by atoms with Crippen LogP contribution >= 0.6 is 11.8 Å². The van der Waals surface area contributed by atoms with Gasteiger partial charge in [-0.15, -0.1) is 0 Å². The number of guanidine groups is 1. The Kier molecular flexibility index (Phi) is 22.6. The number of carbonyl (C=O) groups excluding carboxylic acids is 8. The zero-order chi connectivity index (χ0) is 47.0. The molecule has 1 heterocycles. The number of thioether (sulfide) groups is 1. The number of nitrogens with zero attached hydrogens (tertiary/aromatic N) is 2. The zero-order valence-electron chi connectivity index (χ0n) is 36.9. The molecule has 8 amide bonds. The standard InChI is InChI=1S/C44H65N11O8S/c1-28(2)24-33(41(61)52-31(39(45)59)19-23-64-3)51-38(58)27-55-22-21-48-36(56)17-10-18-37(57)50-32(16-11-20-49-44(46)47)40(60)53-34(25-29-12-6-4-7-13-29)42(62)54-35(43(55)63)26-30-14-8-5-9-15-30/h4-9,12-15,28,31-35H,10-11,16-27H2,1-3H3,(H2,45,59)(H,48,56)(H,50,57)(H,51,58)(H,52,61)(H,53,60)(H,54,62)(H4,46,47,49)/t31-,32-,33-,34?,35-/m0/s1. The molecule has 2 aromatic rings. The van der Waals surface area contributed by atoms with Crippen LogP contribution in [0.25, 0.3) is 0 Å². The van der Waals surface area contributed by atoms with E-state index in [4.69, 9.17) is 17.2 Å². The van der Waals surface area contributed by atoms with Crippen molar-refractivity contribution >= 4 is 65.0 Å². The Morgan fingerprint density at radius 2 is 1.39 bits per heavy atom. The van der Waals surface area contributed by atoms with Crippen molar-refractivity contribution in [2.75, 3.05) is 38.2 Å². The predicted octanol–water partition coefficient (Wildman–Crippen LogP) is -0.637. The van der Waals surface area contributed by atoms with Crippen molar-refractivity contribution < 1.29 is 38.4 Å². The fourth-order valence-electron chi connectivity index (χ4n) is 6.92. The lowest BCUT2D eigenvalue weighted by atomic mass is 10.0. The molecule has 1 aliphatic heterocycles. The molecule has 0 aliphatic carbocycles.